The van der Waals surface area contributed by atoms with Crippen LogP contribution in [-0.2, 0) is 9.84 Å². The van der Waals surface area contributed by atoms with Crippen LogP contribution in [0.25, 0.3) is 0 Å². The predicted molar refractivity (Wildman–Crippen MR) is 90.4 cm³/mol. The molecule has 0 saturated carbocycles. The highest BCUT2D eigenvalue weighted by Gasteiger charge is 2.20. The van der Waals surface area contributed by atoms with Gasteiger partial charge in [-0.15, -0.1) is 0 Å². The van der Waals surface area contributed by atoms with E-state index in [1.54, 1.807) is 0 Å². The number of nitrogens with one attached hydrogen (secondary N) is 1. The van der Waals surface area contributed by atoms with Crippen LogP contribution in [0.5, 0.6) is 0 Å². The molecule has 0 heterocycles. The second kappa shape index (κ2) is 7.95. The van der Waals surface area contributed by atoms with Gasteiger partial charge in [0, 0.05) is 6.04 Å². The van der Waals surface area contributed by atoms with E-state index in [9.17, 15) is 8.42 Å². The molecule has 0 bridgehead atoms. The Morgan fingerprint density at radius 1 is 1.10 bits per heavy atom. The van der Waals surface area contributed by atoms with Crippen LogP contribution in [0.2, 0.25) is 0 Å². The zero-order valence-electron chi connectivity index (χ0n) is 13.9. The first kappa shape index (κ1) is 18.2. The lowest BCUT2D eigenvalue weighted by Gasteiger charge is -2.20. The van der Waals surface area contributed by atoms with Crippen molar-refractivity contribution in [2.24, 2.45) is 5.92 Å². The highest BCUT2D eigenvalue weighted by atomic mass is 32.2. The maximum absolute atomic E-state index is 12.3. The number of hydrogen-bond acceptors (Lipinski definition) is 3. The van der Waals surface area contributed by atoms with Gasteiger partial charge in [-0.2, -0.15) is 0 Å². The maximum Gasteiger partial charge on any atom is 0.152 e. The zero-order valence-corrected chi connectivity index (χ0v) is 14.8. The molecule has 1 unspecified atom stereocenters. The van der Waals surface area contributed by atoms with Gasteiger partial charge in [0.25, 0.3) is 0 Å². The molecule has 0 aliphatic carbocycles. The summed E-state index contributed by atoms with van der Waals surface area (Å²) in [4.78, 5) is 0. The Hall–Kier alpha value is -0.870. The van der Waals surface area contributed by atoms with Gasteiger partial charge in [0.1, 0.15) is 0 Å². The van der Waals surface area contributed by atoms with E-state index >= 15 is 0 Å². The van der Waals surface area contributed by atoms with E-state index in [1.807, 2.05) is 20.8 Å². The Bertz CT molecular complexity index is 530. The second-order valence-corrected chi connectivity index (χ2v) is 8.56. The molecule has 1 aromatic carbocycles. The summed E-state index contributed by atoms with van der Waals surface area (Å²) in [5.41, 5.74) is 3.42. The minimum absolute atomic E-state index is 0.120. The summed E-state index contributed by atoms with van der Waals surface area (Å²) in [7, 11) is -3.03. The number of sulfone groups is 1. The normalized spacial score (nSPS) is 13.6. The standard InChI is InChI=1S/C17H29NO2S/c1-6-18-17(12-21(19,20)8-7-13(2)3)16-10-14(4)9-15(5)11-16/h9-11,13,17-18H,6-8,12H2,1-5H3. The van der Waals surface area contributed by atoms with Gasteiger partial charge in [0.15, 0.2) is 9.84 Å². The van der Waals surface area contributed by atoms with E-state index in [2.05, 4.69) is 37.4 Å². The van der Waals surface area contributed by atoms with Gasteiger partial charge in [-0.1, -0.05) is 50.1 Å². The molecule has 1 atom stereocenters. The van der Waals surface area contributed by atoms with Gasteiger partial charge >= 0.3 is 0 Å². The molecular weight excluding hydrogens is 282 g/mol. The predicted octanol–water partition coefficient (Wildman–Crippen LogP) is 3.41. The molecule has 0 radical (unpaired) electrons. The Morgan fingerprint density at radius 2 is 1.67 bits per heavy atom. The first-order chi connectivity index (χ1) is 9.73. The molecular formula is C17H29NO2S. The van der Waals surface area contributed by atoms with Crippen LogP contribution >= 0.6 is 0 Å². The molecule has 0 aliphatic rings. The van der Waals surface area contributed by atoms with E-state index in [0.29, 0.717) is 5.92 Å². The Balaban J connectivity index is 2.91. The fourth-order valence-corrected chi connectivity index (χ4v) is 4.30. The van der Waals surface area contributed by atoms with Crippen LogP contribution in [0.1, 0.15) is 49.9 Å². The summed E-state index contributed by atoms with van der Waals surface area (Å²) in [6.07, 6.45) is 0.730. The van der Waals surface area contributed by atoms with E-state index in [0.717, 1.165) is 18.5 Å². The number of aryl methyl sites for hydroxylation is 2. The smallest absolute Gasteiger partial charge is 0.152 e. The maximum atomic E-state index is 12.3. The van der Waals surface area contributed by atoms with Crippen LogP contribution in [0.15, 0.2) is 18.2 Å². The van der Waals surface area contributed by atoms with Gasteiger partial charge in [-0.05, 0) is 38.3 Å². The van der Waals surface area contributed by atoms with Gasteiger partial charge in [0.2, 0.25) is 0 Å². The van der Waals surface area contributed by atoms with Crippen LogP contribution < -0.4 is 5.32 Å². The highest BCUT2D eigenvalue weighted by molar-refractivity contribution is 7.91. The van der Waals surface area contributed by atoms with Crippen molar-refractivity contribution in [2.45, 2.75) is 47.1 Å². The molecule has 120 valence electrons. The van der Waals surface area contributed by atoms with Crippen LogP contribution in [0.3, 0.4) is 0 Å². The first-order valence-electron chi connectivity index (χ1n) is 7.75. The third kappa shape index (κ3) is 6.62. The quantitative estimate of drug-likeness (QED) is 0.800. The molecule has 21 heavy (non-hydrogen) atoms. The molecule has 1 rings (SSSR count). The van der Waals surface area contributed by atoms with Crippen molar-refractivity contribution in [1.29, 1.82) is 0 Å². The lowest BCUT2D eigenvalue weighted by atomic mass is 10.0. The van der Waals surface area contributed by atoms with Crippen molar-refractivity contribution in [3.63, 3.8) is 0 Å². The summed E-state index contributed by atoms with van der Waals surface area (Å²) in [6, 6.07) is 6.15. The average Bonchev–Trinajstić information content (AvgIpc) is 2.35. The summed E-state index contributed by atoms with van der Waals surface area (Å²) in [5.74, 6) is 0.868. The SMILES string of the molecule is CCNC(CS(=O)(=O)CCC(C)C)c1cc(C)cc(C)c1. The van der Waals surface area contributed by atoms with Crippen molar-refractivity contribution in [2.75, 3.05) is 18.1 Å². The molecule has 0 spiro atoms. The topological polar surface area (TPSA) is 46.2 Å². The zero-order chi connectivity index (χ0) is 16.0. The lowest BCUT2D eigenvalue weighted by molar-refractivity contribution is 0.547. The van der Waals surface area contributed by atoms with Gasteiger partial charge < -0.3 is 5.32 Å². The largest absolute Gasteiger partial charge is 0.309 e. The molecule has 0 aliphatic heterocycles. The summed E-state index contributed by atoms with van der Waals surface area (Å²) >= 11 is 0. The summed E-state index contributed by atoms with van der Waals surface area (Å²) in [5, 5.41) is 3.32. The molecule has 0 aromatic heterocycles. The Kier molecular flexibility index (Phi) is 6.88. The summed E-state index contributed by atoms with van der Waals surface area (Å²) < 4.78 is 24.6. The van der Waals surface area contributed by atoms with Crippen molar-refractivity contribution in [1.82, 2.24) is 5.32 Å². The van der Waals surface area contributed by atoms with Crippen molar-refractivity contribution >= 4 is 9.84 Å². The second-order valence-electron chi connectivity index (χ2n) is 6.33. The third-order valence-electron chi connectivity index (χ3n) is 3.52. The molecule has 0 amide bonds. The van der Waals surface area contributed by atoms with E-state index in [1.165, 1.54) is 11.1 Å². The average molecular weight is 311 g/mol. The molecule has 4 heteroatoms. The van der Waals surface area contributed by atoms with Gasteiger partial charge in [-0.25, -0.2) is 8.42 Å². The third-order valence-corrected chi connectivity index (χ3v) is 5.22. The van der Waals surface area contributed by atoms with Gasteiger partial charge in [-0.3, -0.25) is 0 Å². The van der Waals surface area contributed by atoms with Crippen molar-refractivity contribution in [3.8, 4) is 0 Å². The molecule has 1 N–H and O–H groups in total. The van der Waals surface area contributed by atoms with E-state index < -0.39 is 9.84 Å². The van der Waals surface area contributed by atoms with E-state index in [-0.39, 0.29) is 17.5 Å². The highest BCUT2D eigenvalue weighted by Crippen LogP contribution is 2.20. The monoisotopic (exact) mass is 311 g/mol. The fraction of sp³-hybridized carbons (Fsp3) is 0.647. The number of rotatable bonds is 8. The molecule has 1 aromatic rings. The van der Waals surface area contributed by atoms with Crippen molar-refractivity contribution < 1.29 is 8.42 Å². The van der Waals surface area contributed by atoms with Crippen LogP contribution in [0.4, 0.5) is 0 Å². The number of hydrogen-bond donors (Lipinski definition) is 1. The summed E-state index contributed by atoms with van der Waals surface area (Å²) in [6.45, 7) is 11.0. The molecule has 0 saturated heterocycles. The number of benzene rings is 1. The molecule has 0 fully saturated rings. The Labute approximate surface area is 130 Å². The minimum atomic E-state index is -3.03. The lowest BCUT2D eigenvalue weighted by Crippen LogP contribution is -2.29. The minimum Gasteiger partial charge on any atom is -0.309 e. The molecule has 3 nitrogen and oxygen atoms in total. The van der Waals surface area contributed by atoms with Crippen molar-refractivity contribution in [3.05, 3.63) is 34.9 Å². The van der Waals surface area contributed by atoms with Gasteiger partial charge in [0.05, 0.1) is 11.5 Å². The van der Waals surface area contributed by atoms with E-state index in [4.69, 9.17) is 0 Å². The Morgan fingerprint density at radius 3 is 2.14 bits per heavy atom. The fourth-order valence-electron chi connectivity index (χ4n) is 2.48. The van der Waals surface area contributed by atoms with Crippen LogP contribution in [-0.4, -0.2) is 26.5 Å². The first-order valence-corrected chi connectivity index (χ1v) is 9.57. The van der Waals surface area contributed by atoms with Crippen LogP contribution in [0, 0.1) is 19.8 Å².